The summed E-state index contributed by atoms with van der Waals surface area (Å²) in [6.07, 6.45) is 0.811. The number of carbonyl (C=O) groups is 1. The molecule has 0 aliphatic carbocycles. The number of aryl methyl sites for hydroxylation is 2. The number of nitrogens with zero attached hydrogens (tertiary/aromatic N) is 1. The summed E-state index contributed by atoms with van der Waals surface area (Å²) in [4.78, 5) is 16.4. The zero-order valence-corrected chi connectivity index (χ0v) is 22.8. The molecule has 0 saturated carbocycles. The third-order valence-corrected chi connectivity index (χ3v) is 18.3. The summed E-state index contributed by atoms with van der Waals surface area (Å²) in [5.74, 6) is 0.231. The second kappa shape index (κ2) is 9.37. The third-order valence-electron chi connectivity index (χ3n) is 7.58. The van der Waals surface area contributed by atoms with Crippen LogP contribution in [0, 0.1) is 13.8 Å². The van der Waals surface area contributed by atoms with Crippen LogP contribution in [0.4, 0.5) is 0 Å². The van der Waals surface area contributed by atoms with Gasteiger partial charge in [-0.15, -0.1) is 0 Å². The molecule has 0 aromatic heterocycles. The van der Waals surface area contributed by atoms with E-state index in [4.69, 9.17) is 0 Å². The van der Waals surface area contributed by atoms with Gasteiger partial charge in [0.15, 0.2) is 0 Å². The van der Waals surface area contributed by atoms with Crippen LogP contribution in [0.25, 0.3) is 0 Å². The molecule has 1 heterocycles. The van der Waals surface area contributed by atoms with Gasteiger partial charge in [0.05, 0.1) is 0 Å². The Bertz CT molecular complexity index is 1240. The first-order valence-corrected chi connectivity index (χ1v) is 16.5. The normalized spacial score (nSPS) is 17.2. The van der Waals surface area contributed by atoms with Crippen LogP contribution in [0.15, 0.2) is 109 Å². The van der Waals surface area contributed by atoms with Crippen molar-refractivity contribution in [1.82, 2.24) is 4.90 Å². The quantitative estimate of drug-likeness (QED) is 0.263. The molecule has 1 saturated heterocycles. The molecule has 0 N–H and O–H groups in total. The molecule has 5 rings (SSSR count). The van der Waals surface area contributed by atoms with E-state index in [1.807, 2.05) is 0 Å². The van der Waals surface area contributed by atoms with Gasteiger partial charge < -0.3 is 0 Å². The molecular formula is C31H31BrNOP. The van der Waals surface area contributed by atoms with Gasteiger partial charge >= 0.3 is 217 Å². The number of amides is 1. The summed E-state index contributed by atoms with van der Waals surface area (Å²) in [5.41, 5.74) is 3.56. The fourth-order valence-corrected chi connectivity index (χ4v) is 14.3. The zero-order chi connectivity index (χ0) is 24.5. The molecule has 0 spiro atoms. The zero-order valence-electron chi connectivity index (χ0n) is 20.3. The van der Waals surface area contributed by atoms with E-state index < -0.39 is 5.31 Å². The van der Waals surface area contributed by atoms with Crippen molar-refractivity contribution in [1.29, 1.82) is 0 Å². The van der Waals surface area contributed by atoms with E-state index in [9.17, 15) is 4.79 Å². The minimum atomic E-state index is -3.34. The summed E-state index contributed by atoms with van der Waals surface area (Å²) in [6, 6.07) is 38.4. The van der Waals surface area contributed by atoms with Crippen molar-refractivity contribution in [3.8, 4) is 0 Å². The van der Waals surface area contributed by atoms with E-state index in [-0.39, 0.29) is 11.6 Å². The average molecular weight is 544 g/mol. The molecule has 178 valence electrons. The van der Waals surface area contributed by atoms with E-state index in [0.29, 0.717) is 6.54 Å². The number of hydrogen-bond acceptors (Lipinski definition) is 1. The topological polar surface area (TPSA) is 20.3 Å². The van der Waals surface area contributed by atoms with Gasteiger partial charge in [0, 0.05) is 0 Å². The molecular weight excluding hydrogens is 513 g/mol. The summed E-state index contributed by atoms with van der Waals surface area (Å²) >= 11 is 4.50. The first-order valence-electron chi connectivity index (χ1n) is 12.2. The summed E-state index contributed by atoms with van der Waals surface area (Å²) in [5, 5.41) is 0.252. The molecule has 1 aliphatic rings. The van der Waals surface area contributed by atoms with Gasteiger partial charge in [0.1, 0.15) is 0 Å². The Labute approximate surface area is 216 Å². The van der Waals surface area contributed by atoms with E-state index in [0.717, 1.165) is 13.0 Å². The Kier molecular flexibility index (Phi) is 6.42. The van der Waals surface area contributed by atoms with Gasteiger partial charge in [-0.1, -0.05) is 0 Å². The van der Waals surface area contributed by atoms with Crippen LogP contribution in [0.2, 0.25) is 0 Å². The maximum atomic E-state index is 14.4. The van der Waals surface area contributed by atoms with Crippen LogP contribution in [0.3, 0.4) is 0 Å². The minimum absolute atomic E-state index is 0.181. The van der Waals surface area contributed by atoms with Crippen LogP contribution in [-0.4, -0.2) is 23.0 Å². The summed E-state index contributed by atoms with van der Waals surface area (Å²) < 4.78 is 0. The van der Waals surface area contributed by atoms with Gasteiger partial charge in [0.25, 0.3) is 0 Å². The van der Waals surface area contributed by atoms with Gasteiger partial charge in [-0.25, -0.2) is 0 Å². The summed E-state index contributed by atoms with van der Waals surface area (Å²) in [6.45, 7) is 5.67. The number of halogens is 1. The van der Waals surface area contributed by atoms with Crippen molar-refractivity contribution >= 4 is 42.6 Å². The molecule has 35 heavy (non-hydrogen) atoms. The molecule has 1 unspecified atom stereocenters. The third kappa shape index (κ3) is 3.86. The number of carbonyl (C=O) groups excluding carboxylic acids is 1. The second-order valence-corrected chi connectivity index (χ2v) is 18.3. The Morgan fingerprint density at radius 1 is 0.743 bits per heavy atom. The van der Waals surface area contributed by atoms with E-state index >= 15 is 0 Å². The SMILES string of the molecule is Cc1ccc(CN2CCC(P(Br)(c3ccccc3)(c3ccccc3)c3ccccc3)C2=O)cc1C. The first kappa shape index (κ1) is 24.0. The molecule has 2 nitrogen and oxygen atoms in total. The fourth-order valence-electron chi connectivity index (χ4n) is 5.60. The van der Waals surface area contributed by atoms with Gasteiger partial charge in [0.2, 0.25) is 0 Å². The Morgan fingerprint density at radius 2 is 1.23 bits per heavy atom. The number of rotatable bonds is 6. The molecule has 1 atom stereocenters. The van der Waals surface area contributed by atoms with Crippen LogP contribution in [0.1, 0.15) is 23.1 Å². The molecule has 1 fully saturated rings. The molecule has 4 heteroatoms. The van der Waals surface area contributed by atoms with E-state index in [1.165, 1.54) is 32.6 Å². The predicted molar refractivity (Wildman–Crippen MR) is 154 cm³/mol. The summed E-state index contributed by atoms with van der Waals surface area (Å²) in [7, 11) is 0. The van der Waals surface area contributed by atoms with E-state index in [2.05, 4.69) is 143 Å². The van der Waals surface area contributed by atoms with E-state index in [1.54, 1.807) is 0 Å². The van der Waals surface area contributed by atoms with Crippen LogP contribution >= 0.6 is 20.8 Å². The van der Waals surface area contributed by atoms with Crippen molar-refractivity contribution < 1.29 is 4.79 Å². The Morgan fingerprint density at radius 3 is 1.69 bits per heavy atom. The second-order valence-electron chi connectivity index (χ2n) is 9.56. The fraction of sp³-hybridized carbons (Fsp3) is 0.194. The van der Waals surface area contributed by atoms with Crippen molar-refractivity contribution in [2.45, 2.75) is 32.5 Å². The van der Waals surface area contributed by atoms with Gasteiger partial charge in [-0.2, -0.15) is 0 Å². The van der Waals surface area contributed by atoms with Crippen molar-refractivity contribution in [2.24, 2.45) is 0 Å². The maximum absolute atomic E-state index is 14.4. The van der Waals surface area contributed by atoms with Crippen molar-refractivity contribution in [3.05, 3.63) is 126 Å². The van der Waals surface area contributed by atoms with Crippen LogP contribution in [0.5, 0.6) is 0 Å². The Hall–Kier alpha value is -2.74. The van der Waals surface area contributed by atoms with Crippen LogP contribution in [-0.2, 0) is 11.3 Å². The molecule has 4 aromatic carbocycles. The average Bonchev–Trinajstić information content (AvgIpc) is 3.28. The molecule has 4 aromatic rings. The molecule has 1 aliphatic heterocycles. The number of hydrogen-bond donors (Lipinski definition) is 0. The predicted octanol–water partition coefficient (Wildman–Crippen LogP) is 6.24. The van der Waals surface area contributed by atoms with Gasteiger partial charge in [-0.05, 0) is 0 Å². The molecule has 0 bridgehead atoms. The van der Waals surface area contributed by atoms with Crippen molar-refractivity contribution in [2.75, 3.05) is 6.54 Å². The van der Waals surface area contributed by atoms with Gasteiger partial charge in [-0.3, -0.25) is 0 Å². The number of likely N-dealkylation sites (tertiary alicyclic amines) is 1. The molecule has 0 radical (unpaired) electrons. The standard InChI is InChI=1S/C31H31BrNOP/c1-24-18-19-26(22-25(24)2)23-33-21-20-30(31(33)34)35(32,27-12-6-3-7-13-27,28-14-8-4-9-15-28)29-16-10-5-11-17-29/h3-19,22,30H,20-21,23H2,1-2H3. The Balaban J connectivity index is 1.68. The monoisotopic (exact) mass is 543 g/mol. The molecule has 1 amide bonds. The van der Waals surface area contributed by atoms with Crippen molar-refractivity contribution in [3.63, 3.8) is 0 Å². The first-order chi connectivity index (χ1) is 16.9. The number of benzene rings is 4. The van der Waals surface area contributed by atoms with Crippen LogP contribution < -0.4 is 15.9 Å².